The molecular weight excluding hydrogens is 330 g/mol. The number of pyridine rings is 1. The number of anilines is 1. The Kier molecular flexibility index (Phi) is 3.92. The molecule has 8 nitrogen and oxygen atoms in total. The molecule has 0 saturated heterocycles. The maximum Gasteiger partial charge on any atom is 0.276 e. The smallest absolute Gasteiger partial charge is 0.276 e. The van der Waals surface area contributed by atoms with E-state index < -0.39 is 0 Å². The van der Waals surface area contributed by atoms with Gasteiger partial charge in [0.1, 0.15) is 0 Å². The molecule has 0 atom stereocenters. The number of rotatable bonds is 4. The zero-order valence-electron chi connectivity index (χ0n) is 14.4. The van der Waals surface area contributed by atoms with Crippen molar-refractivity contribution >= 4 is 17.2 Å². The quantitative estimate of drug-likeness (QED) is 0.613. The van der Waals surface area contributed by atoms with Crippen LogP contribution in [0.4, 0.5) is 5.69 Å². The van der Waals surface area contributed by atoms with Crippen LogP contribution in [0.15, 0.2) is 49.1 Å². The summed E-state index contributed by atoms with van der Waals surface area (Å²) in [7, 11) is 0. The molecule has 8 heteroatoms. The largest absolute Gasteiger partial charge is 0.320 e. The molecule has 4 rings (SSSR count). The fourth-order valence-electron chi connectivity index (χ4n) is 2.86. The Bertz CT molecular complexity index is 1080. The van der Waals surface area contributed by atoms with E-state index in [0.29, 0.717) is 17.0 Å². The lowest BCUT2D eigenvalue weighted by Crippen LogP contribution is -2.12. The minimum absolute atomic E-state index is 0.294. The normalized spacial score (nSPS) is 11.0. The molecule has 0 spiro atoms. The molecule has 1 amide bonds. The van der Waals surface area contributed by atoms with Crippen molar-refractivity contribution in [2.75, 3.05) is 5.32 Å². The van der Waals surface area contributed by atoms with E-state index in [1.54, 1.807) is 41.3 Å². The molecule has 0 aliphatic carbocycles. The summed E-state index contributed by atoms with van der Waals surface area (Å²) in [5.41, 5.74) is 4.40. The van der Waals surface area contributed by atoms with Crippen LogP contribution in [-0.4, -0.2) is 35.3 Å². The van der Waals surface area contributed by atoms with E-state index >= 15 is 0 Å². The van der Waals surface area contributed by atoms with Crippen LogP contribution in [0.5, 0.6) is 0 Å². The van der Waals surface area contributed by atoms with Crippen LogP contribution in [0.2, 0.25) is 0 Å². The van der Waals surface area contributed by atoms with Crippen molar-refractivity contribution in [3.05, 3.63) is 60.4 Å². The molecule has 4 heterocycles. The number of aryl methyl sites for hydroxylation is 1. The molecule has 0 radical (unpaired) electrons. The summed E-state index contributed by atoms with van der Waals surface area (Å²) < 4.78 is 3.59. The van der Waals surface area contributed by atoms with Gasteiger partial charge in [-0.3, -0.25) is 14.5 Å². The number of nitrogens with zero attached hydrogens (tertiary/aromatic N) is 6. The third kappa shape index (κ3) is 2.71. The van der Waals surface area contributed by atoms with E-state index in [0.717, 1.165) is 23.5 Å². The number of carbonyl (C=O) groups is 1. The minimum Gasteiger partial charge on any atom is -0.320 e. The van der Waals surface area contributed by atoms with E-state index in [1.807, 2.05) is 30.8 Å². The molecule has 0 fully saturated rings. The number of aromatic nitrogens is 6. The SMILES string of the molecule is CCn1ncc(-c2ccnc3cc(C(=O)Nc4ccncc4)nn23)c1C. The lowest BCUT2D eigenvalue weighted by molar-refractivity contribution is 0.102. The average Bonchev–Trinajstić information content (AvgIpc) is 3.26. The number of hydrogen-bond donors (Lipinski definition) is 1. The molecule has 4 aromatic rings. The Labute approximate surface area is 149 Å². The fourth-order valence-corrected chi connectivity index (χ4v) is 2.86. The van der Waals surface area contributed by atoms with Gasteiger partial charge in [0.15, 0.2) is 11.3 Å². The van der Waals surface area contributed by atoms with E-state index in [1.165, 1.54) is 0 Å². The van der Waals surface area contributed by atoms with Gasteiger partial charge in [0.25, 0.3) is 5.91 Å². The number of nitrogens with one attached hydrogen (secondary N) is 1. The highest BCUT2D eigenvalue weighted by atomic mass is 16.1. The third-order valence-corrected chi connectivity index (χ3v) is 4.21. The first-order chi connectivity index (χ1) is 12.7. The molecule has 0 aliphatic rings. The van der Waals surface area contributed by atoms with Gasteiger partial charge in [0.05, 0.1) is 11.9 Å². The molecule has 0 unspecified atom stereocenters. The van der Waals surface area contributed by atoms with Gasteiger partial charge in [-0.05, 0) is 32.0 Å². The lowest BCUT2D eigenvalue weighted by Gasteiger charge is -2.05. The standard InChI is InChI=1S/C18H17N7O/c1-3-24-12(2)14(11-21-24)16-6-9-20-17-10-15(23-25(16)17)18(26)22-13-4-7-19-8-5-13/h4-11H,3H2,1-2H3,(H,19,22,26). The van der Waals surface area contributed by atoms with Crippen LogP contribution in [-0.2, 0) is 6.54 Å². The Balaban J connectivity index is 1.74. The van der Waals surface area contributed by atoms with Crippen molar-refractivity contribution in [3.63, 3.8) is 0 Å². The second-order valence-electron chi connectivity index (χ2n) is 5.78. The second-order valence-corrected chi connectivity index (χ2v) is 5.78. The molecule has 0 aromatic carbocycles. The summed E-state index contributed by atoms with van der Waals surface area (Å²) in [6, 6.07) is 6.98. The van der Waals surface area contributed by atoms with Crippen molar-refractivity contribution in [2.24, 2.45) is 0 Å². The molecular formula is C18H17N7O. The van der Waals surface area contributed by atoms with E-state index in [4.69, 9.17) is 0 Å². The second kappa shape index (κ2) is 6.40. The maximum atomic E-state index is 12.5. The number of fused-ring (bicyclic) bond motifs is 1. The molecule has 130 valence electrons. The molecule has 1 N–H and O–H groups in total. The van der Waals surface area contributed by atoms with Crippen molar-refractivity contribution in [1.82, 2.24) is 29.4 Å². The minimum atomic E-state index is -0.298. The highest BCUT2D eigenvalue weighted by Crippen LogP contribution is 2.23. The Hall–Kier alpha value is -3.55. The summed E-state index contributed by atoms with van der Waals surface area (Å²) in [6.45, 7) is 4.85. The van der Waals surface area contributed by atoms with E-state index in [2.05, 4.69) is 25.5 Å². The van der Waals surface area contributed by atoms with Gasteiger partial charge in [-0.1, -0.05) is 0 Å². The summed E-state index contributed by atoms with van der Waals surface area (Å²) in [5.74, 6) is -0.298. The van der Waals surface area contributed by atoms with Crippen molar-refractivity contribution in [1.29, 1.82) is 0 Å². The van der Waals surface area contributed by atoms with Gasteiger partial charge in [-0.15, -0.1) is 0 Å². The summed E-state index contributed by atoms with van der Waals surface area (Å²) in [5, 5.41) is 11.6. The molecule has 4 aromatic heterocycles. The number of amides is 1. The van der Waals surface area contributed by atoms with Crippen LogP contribution in [0.1, 0.15) is 23.1 Å². The van der Waals surface area contributed by atoms with Gasteiger partial charge in [-0.2, -0.15) is 10.2 Å². The van der Waals surface area contributed by atoms with Gasteiger partial charge in [-0.25, -0.2) is 9.50 Å². The first-order valence-electron chi connectivity index (χ1n) is 8.26. The lowest BCUT2D eigenvalue weighted by atomic mass is 10.2. The summed E-state index contributed by atoms with van der Waals surface area (Å²) >= 11 is 0. The summed E-state index contributed by atoms with van der Waals surface area (Å²) in [4.78, 5) is 20.7. The van der Waals surface area contributed by atoms with Gasteiger partial charge in [0, 0.05) is 48.1 Å². The zero-order chi connectivity index (χ0) is 18.1. The zero-order valence-corrected chi connectivity index (χ0v) is 14.4. The van der Waals surface area contributed by atoms with Crippen LogP contribution in [0.3, 0.4) is 0 Å². The van der Waals surface area contributed by atoms with E-state index in [9.17, 15) is 4.79 Å². The van der Waals surface area contributed by atoms with E-state index in [-0.39, 0.29) is 5.91 Å². The number of carbonyl (C=O) groups excluding carboxylic acids is 1. The highest BCUT2D eigenvalue weighted by Gasteiger charge is 2.16. The van der Waals surface area contributed by atoms with Crippen molar-refractivity contribution in [2.45, 2.75) is 20.4 Å². The molecule has 26 heavy (non-hydrogen) atoms. The van der Waals surface area contributed by atoms with Crippen LogP contribution < -0.4 is 5.32 Å². The number of hydrogen-bond acceptors (Lipinski definition) is 5. The first-order valence-corrected chi connectivity index (χ1v) is 8.26. The maximum absolute atomic E-state index is 12.5. The predicted molar refractivity (Wildman–Crippen MR) is 96.8 cm³/mol. The Morgan fingerprint density at radius 2 is 2.00 bits per heavy atom. The molecule has 0 bridgehead atoms. The fraction of sp³-hybridized carbons (Fsp3) is 0.167. The van der Waals surface area contributed by atoms with Crippen LogP contribution in [0, 0.1) is 6.92 Å². The van der Waals surface area contributed by atoms with Gasteiger partial charge < -0.3 is 5.32 Å². The summed E-state index contributed by atoms with van der Waals surface area (Å²) in [6.07, 6.45) is 6.76. The van der Waals surface area contributed by atoms with Crippen LogP contribution >= 0.6 is 0 Å². The predicted octanol–water partition coefficient (Wildman–Crippen LogP) is 2.57. The molecule has 0 aliphatic heterocycles. The monoisotopic (exact) mass is 347 g/mol. The van der Waals surface area contributed by atoms with Gasteiger partial charge in [0.2, 0.25) is 0 Å². The van der Waals surface area contributed by atoms with Crippen molar-refractivity contribution in [3.8, 4) is 11.3 Å². The molecule has 0 saturated carbocycles. The van der Waals surface area contributed by atoms with Crippen molar-refractivity contribution < 1.29 is 4.79 Å². The Morgan fingerprint density at radius 1 is 1.19 bits per heavy atom. The third-order valence-electron chi connectivity index (χ3n) is 4.21. The van der Waals surface area contributed by atoms with Crippen LogP contribution in [0.25, 0.3) is 16.9 Å². The average molecular weight is 347 g/mol. The first kappa shape index (κ1) is 15.9. The topological polar surface area (TPSA) is 90.0 Å². The Morgan fingerprint density at radius 3 is 2.73 bits per heavy atom. The van der Waals surface area contributed by atoms with Gasteiger partial charge >= 0.3 is 0 Å². The highest BCUT2D eigenvalue weighted by molar-refractivity contribution is 6.03.